The summed E-state index contributed by atoms with van der Waals surface area (Å²) in [7, 11) is -21.5. The molecule has 1 aromatic carbocycles. The summed E-state index contributed by atoms with van der Waals surface area (Å²) in [5.74, 6) is -2.17. The van der Waals surface area contributed by atoms with E-state index in [0.717, 1.165) is 35.2 Å². The van der Waals surface area contributed by atoms with Crippen LogP contribution < -0.4 is 37.8 Å². The van der Waals surface area contributed by atoms with E-state index in [1.165, 1.54) is 22.5 Å². The molecule has 3 aliphatic rings. The lowest BCUT2D eigenvalue weighted by molar-refractivity contribution is -0.745. The Bertz CT molecular complexity index is 3960. The molecule has 3 saturated heterocycles. The van der Waals surface area contributed by atoms with Crippen LogP contribution in [-0.2, 0) is 82.5 Å². The highest BCUT2D eigenvalue weighted by Crippen LogP contribution is 2.68. The number of aliphatic hydroxyl groups excluding tert-OH is 3. The summed E-state index contributed by atoms with van der Waals surface area (Å²) in [6.45, 7) is -4.51. The van der Waals surface area contributed by atoms with Gasteiger partial charge < -0.3 is 89.6 Å². The number of hydrogen-bond donors (Lipinski definition) is 11. The predicted octanol–water partition coefficient (Wildman–Crippen LogP) is -2.67. The zero-order valence-electron chi connectivity index (χ0n) is 43.6. The second-order valence-electron chi connectivity index (χ2n) is 19.0. The van der Waals surface area contributed by atoms with E-state index in [1.54, 1.807) is 30.3 Å². The second kappa shape index (κ2) is 23.9. The first-order valence-electron chi connectivity index (χ1n) is 24.6. The molecule has 40 nitrogen and oxygen atoms in total. The summed E-state index contributed by atoms with van der Waals surface area (Å²) in [6.07, 6.45) is -13.8. The third-order valence-electron chi connectivity index (χ3n) is 13.5. The van der Waals surface area contributed by atoms with Gasteiger partial charge in [-0.15, -0.1) is 0 Å². The number of anilines is 3. The van der Waals surface area contributed by atoms with E-state index in [4.69, 9.17) is 59.2 Å². The van der Waals surface area contributed by atoms with Gasteiger partial charge in [0.05, 0.1) is 63.3 Å². The van der Waals surface area contributed by atoms with Crippen molar-refractivity contribution >= 4 is 88.4 Å². The average Bonchev–Trinajstić information content (AvgIpc) is 4.51. The summed E-state index contributed by atoms with van der Waals surface area (Å²) in [5.41, 5.74) is 13.9. The molecule has 3 aliphatic heterocycles. The number of methoxy groups -OCH3 is 1. The molecule has 3 fully saturated rings. The number of imidazole rings is 3. The van der Waals surface area contributed by atoms with Crippen molar-refractivity contribution < 1.29 is 113 Å². The number of nitrogen functional groups attached to an aromatic ring is 3. The molecule has 44 heteroatoms. The highest BCUT2D eigenvalue weighted by Gasteiger charge is 2.55. The molecular formula is C41H51N15O25P4. The fourth-order valence-corrected chi connectivity index (χ4v) is 14.9. The van der Waals surface area contributed by atoms with Crippen LogP contribution >= 0.6 is 31.1 Å². The zero-order valence-corrected chi connectivity index (χ0v) is 47.2. The number of fused-ring (bicyclic) bond motifs is 3. The van der Waals surface area contributed by atoms with Gasteiger partial charge in [0, 0.05) is 7.11 Å². The van der Waals surface area contributed by atoms with Gasteiger partial charge in [-0.25, -0.2) is 43.0 Å². The summed E-state index contributed by atoms with van der Waals surface area (Å²) >= 11 is 0. The Labute approximate surface area is 473 Å². The summed E-state index contributed by atoms with van der Waals surface area (Å²) < 4.78 is 117. The topological polar surface area (TPSA) is 571 Å². The Kier molecular flexibility index (Phi) is 17.3. The number of H-pyrrole nitrogens is 2. The smallest absolute Gasteiger partial charge is 0.508 e. The first-order chi connectivity index (χ1) is 40.1. The van der Waals surface area contributed by atoms with Crippen molar-refractivity contribution in [1.29, 1.82) is 0 Å². The van der Waals surface area contributed by atoms with Crippen LogP contribution in [-0.4, -0.2) is 172 Å². The monoisotopic (exact) mass is 1280 g/mol. The van der Waals surface area contributed by atoms with Crippen LogP contribution in [0.15, 0.2) is 65.2 Å². The van der Waals surface area contributed by atoms with Gasteiger partial charge in [0.25, 0.3) is 17.1 Å². The Balaban J connectivity index is 0.826. The second-order valence-corrected chi connectivity index (χ2v) is 25.5. The number of carbonyl (C=O) groups is 1. The molecule has 0 spiro atoms. The molecule has 0 radical (unpaired) electrons. The molecule has 10 rings (SSSR count). The predicted molar refractivity (Wildman–Crippen MR) is 276 cm³/mol. The van der Waals surface area contributed by atoms with Crippen molar-refractivity contribution in [3.8, 4) is 0 Å². The maximum absolute atomic E-state index is 14.4. The molecule has 9 heterocycles. The van der Waals surface area contributed by atoms with Gasteiger partial charge >= 0.3 is 35.3 Å². The molecule has 6 aromatic heterocycles. The molecule has 7 aromatic rings. The zero-order chi connectivity index (χ0) is 61.1. The minimum absolute atomic E-state index is 0.00920. The van der Waals surface area contributed by atoms with Gasteiger partial charge in [-0.3, -0.25) is 42.3 Å². The van der Waals surface area contributed by atoms with Crippen LogP contribution in [0.2, 0.25) is 0 Å². The SMILES string of the molecule is CO[C@@H]1[C@H](P(=O)([O-])OC[C@H]2O[C@@H](n3cnc4c(=O)[nH]c(N)nc43)[C@H](O)[C@@H]2O)[C@@H](COP(=O)(O)OP(=O)(O)OP(=O)(O)OC[C@H]2O[C@@H]([n+]3cn(C)c4c(=O)[nH]c(N)nc43)[C@H](O)[C@@H]2COC(=O)OCc2ccccc2)O[C@H]1n1cnc2c(N)ncnc21. The van der Waals surface area contributed by atoms with Crippen LogP contribution in [0.4, 0.5) is 22.5 Å². The average molecular weight is 1280 g/mol. The van der Waals surface area contributed by atoms with E-state index in [-0.39, 0.29) is 57.8 Å². The minimum atomic E-state index is -6.31. The maximum atomic E-state index is 14.4. The van der Waals surface area contributed by atoms with Crippen molar-refractivity contribution in [2.75, 3.05) is 50.7 Å². The minimum Gasteiger partial charge on any atom is -0.778 e. The van der Waals surface area contributed by atoms with Crippen molar-refractivity contribution in [1.82, 2.24) is 53.6 Å². The number of ether oxygens (including phenoxy) is 6. The third-order valence-corrected chi connectivity index (χ3v) is 19.6. The number of nitrogens with zero attached hydrogens (tertiary/aromatic N) is 10. The fraction of sp³-hybridized carbons (Fsp3) is 0.463. The molecule has 14 N–H and O–H groups in total. The Morgan fingerprint density at radius 3 is 2.05 bits per heavy atom. The molecule has 4 unspecified atom stereocenters. The van der Waals surface area contributed by atoms with Gasteiger partial charge in [-0.05, 0) is 5.56 Å². The number of benzene rings is 1. The molecule has 0 amide bonds. The maximum Gasteiger partial charge on any atom is 0.508 e. The fourth-order valence-electron chi connectivity index (χ4n) is 9.69. The van der Waals surface area contributed by atoms with Gasteiger partial charge in [-0.1, -0.05) is 35.3 Å². The molecular weight excluding hydrogens is 1230 g/mol. The number of phosphoric acid groups is 3. The van der Waals surface area contributed by atoms with Crippen LogP contribution in [0, 0.1) is 5.92 Å². The molecule has 0 bridgehead atoms. The number of rotatable bonds is 22. The number of aliphatic hydroxyl groups is 3. The summed E-state index contributed by atoms with van der Waals surface area (Å²) in [4.78, 5) is 113. The van der Waals surface area contributed by atoms with Gasteiger partial charge in [-0.2, -0.15) is 13.6 Å². The quantitative estimate of drug-likeness (QED) is 0.0187. The molecule has 85 heavy (non-hydrogen) atoms. The molecule has 16 atom stereocenters. The number of aromatic nitrogens is 12. The van der Waals surface area contributed by atoms with Crippen molar-refractivity contribution in [3.63, 3.8) is 0 Å². The van der Waals surface area contributed by atoms with Crippen LogP contribution in [0.3, 0.4) is 0 Å². The van der Waals surface area contributed by atoms with E-state index in [2.05, 4.69) is 48.5 Å². The number of nitrogens with two attached hydrogens (primary N) is 3. The first-order valence-corrected chi connectivity index (χ1v) is 30.7. The van der Waals surface area contributed by atoms with E-state index in [0.29, 0.717) is 5.56 Å². The first kappa shape index (κ1) is 61.5. The normalized spacial score (nSPS) is 28.1. The third kappa shape index (κ3) is 12.8. The number of carbonyl (C=O) groups excluding carboxylic acids is 1. The molecule has 0 aliphatic carbocycles. The highest BCUT2D eigenvalue weighted by molar-refractivity contribution is 7.66. The Hall–Kier alpha value is -6.58. The number of phosphoric ester groups is 2. The number of hydrogen-bond acceptors (Lipinski definition) is 31. The Morgan fingerprint density at radius 1 is 0.729 bits per heavy atom. The lowest BCUT2D eigenvalue weighted by Gasteiger charge is -2.35. The van der Waals surface area contributed by atoms with Gasteiger partial charge in [0.15, 0.2) is 41.4 Å². The van der Waals surface area contributed by atoms with Crippen LogP contribution in [0.25, 0.3) is 33.5 Å². The summed E-state index contributed by atoms with van der Waals surface area (Å²) in [5, 5.41) is 33.6. The van der Waals surface area contributed by atoms with Crippen molar-refractivity contribution in [3.05, 3.63) is 81.9 Å². The van der Waals surface area contributed by atoms with E-state index >= 15 is 0 Å². The lowest BCUT2D eigenvalue weighted by Crippen LogP contribution is -2.45. The van der Waals surface area contributed by atoms with E-state index < -0.39 is 148 Å². The van der Waals surface area contributed by atoms with Crippen molar-refractivity contribution in [2.45, 2.75) is 73.7 Å². The van der Waals surface area contributed by atoms with E-state index in [9.17, 15) is 67.5 Å². The number of aromatic amines is 2. The number of aryl methyl sites for hydroxylation is 1. The number of nitrogens with one attached hydrogen (secondary N) is 2. The lowest BCUT2D eigenvalue weighted by atomic mass is 9.99. The summed E-state index contributed by atoms with van der Waals surface area (Å²) in [6, 6.07) is 8.43. The standard InChI is InChI=1S/C41H51N15O25P4/c1-53-16-56(33-24(53)35(61)52-40(44)50-33)36-25(57)18(9-73-41(62)72-8-17-6-4-3-5-7-17)19(77-36)10-75-83(65,66)80-85(69,70)81-84(67,68)76-12-21-29(28(71-2)38(79-21)54-14-47-22-30(42)45-13-46-31(22)54)82(63,64)74-11-20-26(58)27(59)37(78-20)55-15-48-23-32(55)49-39(43)51-34(23)60/h3-7,13-16,18-21,25-29,36-38,57-59H,8-12H2,1-2H3,(H11-,42,43,44,45,46,49,50,51,52,60,61,63,64,65,66,67,68,69,70)/t18-,19-,20-,21-,25-,26-,27-,28-,29-,36-,37-,38-/m1/s1. The highest BCUT2D eigenvalue weighted by atomic mass is 31.3. The largest absolute Gasteiger partial charge is 0.778 e. The van der Waals surface area contributed by atoms with Crippen molar-refractivity contribution in [2.24, 2.45) is 13.0 Å². The molecule has 0 saturated carbocycles. The van der Waals surface area contributed by atoms with Gasteiger partial charge in [0.1, 0.15) is 63.2 Å². The van der Waals surface area contributed by atoms with Crippen LogP contribution in [0.1, 0.15) is 24.2 Å². The van der Waals surface area contributed by atoms with Crippen LogP contribution in [0.5, 0.6) is 0 Å². The van der Waals surface area contributed by atoms with E-state index in [1.807, 2.05) is 0 Å². The van der Waals surface area contributed by atoms with Gasteiger partial charge in [0.2, 0.25) is 17.7 Å². The Morgan fingerprint density at radius 2 is 1.35 bits per heavy atom. The molecule has 460 valence electrons.